The number of rotatable bonds is 6. The van der Waals surface area contributed by atoms with E-state index in [1.807, 2.05) is 6.07 Å². The largest absolute Gasteiger partial charge is 0.370 e. The first-order chi connectivity index (χ1) is 14.2. The van der Waals surface area contributed by atoms with E-state index < -0.39 is 15.9 Å². The predicted octanol–water partition coefficient (Wildman–Crippen LogP) is 4.42. The number of halogens is 2. The Morgan fingerprint density at radius 2 is 1.77 bits per heavy atom. The molecule has 2 aromatic carbocycles. The number of hydrogen-bond donors (Lipinski definition) is 1. The van der Waals surface area contributed by atoms with E-state index in [4.69, 9.17) is 28.0 Å². The van der Waals surface area contributed by atoms with Crippen molar-refractivity contribution < 1.29 is 18.0 Å². The highest BCUT2D eigenvalue weighted by atomic mass is 35.5. The molecule has 0 bridgehead atoms. The van der Waals surface area contributed by atoms with E-state index in [0.29, 0.717) is 15.2 Å². The number of nitrogens with zero attached hydrogens (tertiary/aromatic N) is 2. The van der Waals surface area contributed by atoms with Gasteiger partial charge in [-0.1, -0.05) is 27.7 Å². The molecule has 162 valence electrons. The Labute approximate surface area is 186 Å². The van der Waals surface area contributed by atoms with Crippen LogP contribution in [0.5, 0.6) is 0 Å². The summed E-state index contributed by atoms with van der Waals surface area (Å²) in [5, 5.41) is 3.29. The Kier molecular flexibility index (Phi) is 7.26. The number of carbonyl (C=O) groups excluding carboxylic acids is 1. The van der Waals surface area contributed by atoms with Gasteiger partial charge >= 0.3 is 0 Å². The summed E-state index contributed by atoms with van der Waals surface area (Å²) in [6.45, 7) is 1.92. The topological polar surface area (TPSA) is 78.9 Å². The zero-order chi connectivity index (χ0) is 21.9. The van der Waals surface area contributed by atoms with Gasteiger partial charge in [0.1, 0.15) is 4.90 Å². The maximum absolute atomic E-state index is 12.7. The molecule has 30 heavy (non-hydrogen) atoms. The second kappa shape index (κ2) is 9.53. The standard InChI is InChI=1S/C20H23Cl2N3O4S/c1-24(29-2)30(27,28)19-12-14(6-8-16(19)21)20(26)23-15-7-9-18(17(22)13-15)25-10-4-3-5-11-25/h6-9,12-13H,3-5,10-11H2,1-2H3,(H,23,26). The fourth-order valence-electron chi connectivity index (χ4n) is 3.26. The summed E-state index contributed by atoms with van der Waals surface area (Å²) in [5.41, 5.74) is 1.59. The first-order valence-electron chi connectivity index (χ1n) is 9.42. The molecule has 10 heteroatoms. The first-order valence-corrected chi connectivity index (χ1v) is 11.6. The van der Waals surface area contributed by atoms with Gasteiger partial charge in [-0.25, -0.2) is 8.42 Å². The molecular formula is C20H23Cl2N3O4S. The highest BCUT2D eigenvalue weighted by Crippen LogP contribution is 2.31. The Morgan fingerprint density at radius 3 is 2.40 bits per heavy atom. The molecule has 0 spiro atoms. The molecule has 3 rings (SSSR count). The van der Waals surface area contributed by atoms with Crippen LogP contribution in [0.15, 0.2) is 41.3 Å². The molecule has 0 unspecified atom stereocenters. The lowest BCUT2D eigenvalue weighted by Gasteiger charge is -2.29. The molecular weight excluding hydrogens is 449 g/mol. The number of piperidine rings is 1. The molecule has 0 aromatic heterocycles. The van der Waals surface area contributed by atoms with Crippen molar-refractivity contribution in [1.82, 2.24) is 4.47 Å². The van der Waals surface area contributed by atoms with E-state index in [0.717, 1.165) is 31.6 Å². The van der Waals surface area contributed by atoms with Crippen molar-refractivity contribution in [2.24, 2.45) is 0 Å². The van der Waals surface area contributed by atoms with Gasteiger partial charge in [-0.05, 0) is 55.7 Å². The van der Waals surface area contributed by atoms with Gasteiger partial charge in [-0.3, -0.25) is 9.63 Å². The zero-order valence-corrected chi connectivity index (χ0v) is 19.0. The molecule has 0 atom stereocenters. The van der Waals surface area contributed by atoms with Crippen molar-refractivity contribution in [3.63, 3.8) is 0 Å². The van der Waals surface area contributed by atoms with Gasteiger partial charge in [0.25, 0.3) is 15.9 Å². The molecule has 1 heterocycles. The molecule has 0 aliphatic carbocycles. The second-order valence-electron chi connectivity index (χ2n) is 6.91. The van der Waals surface area contributed by atoms with Crippen LogP contribution in [0, 0.1) is 0 Å². The van der Waals surface area contributed by atoms with Crippen LogP contribution in [0.3, 0.4) is 0 Å². The van der Waals surface area contributed by atoms with Gasteiger partial charge in [0, 0.05) is 31.4 Å². The molecule has 0 saturated carbocycles. The summed E-state index contributed by atoms with van der Waals surface area (Å²) < 4.78 is 25.7. The van der Waals surface area contributed by atoms with Crippen molar-refractivity contribution in [2.75, 3.05) is 37.5 Å². The summed E-state index contributed by atoms with van der Waals surface area (Å²) in [4.78, 5) is 19.5. The van der Waals surface area contributed by atoms with Gasteiger partial charge in [0.15, 0.2) is 0 Å². The average molecular weight is 472 g/mol. The van der Waals surface area contributed by atoms with E-state index in [2.05, 4.69) is 10.2 Å². The molecule has 1 fully saturated rings. The van der Waals surface area contributed by atoms with E-state index in [-0.39, 0.29) is 15.5 Å². The summed E-state index contributed by atoms with van der Waals surface area (Å²) in [6.07, 6.45) is 3.49. The Hall–Kier alpha value is -1.84. The van der Waals surface area contributed by atoms with Crippen LogP contribution in [0.2, 0.25) is 10.0 Å². The van der Waals surface area contributed by atoms with Gasteiger partial charge in [0.05, 0.1) is 22.8 Å². The average Bonchev–Trinajstić information content (AvgIpc) is 2.74. The predicted molar refractivity (Wildman–Crippen MR) is 119 cm³/mol. The van der Waals surface area contributed by atoms with Crippen LogP contribution >= 0.6 is 23.2 Å². The molecule has 2 aromatic rings. The SMILES string of the molecule is CON(C)S(=O)(=O)c1cc(C(=O)Nc2ccc(N3CCCCC3)c(Cl)c2)ccc1Cl. The summed E-state index contributed by atoms with van der Waals surface area (Å²) in [6, 6.07) is 9.38. The van der Waals surface area contributed by atoms with Crippen LogP contribution in [0.1, 0.15) is 29.6 Å². The van der Waals surface area contributed by atoms with Crippen molar-refractivity contribution in [3.8, 4) is 0 Å². The van der Waals surface area contributed by atoms with Gasteiger partial charge < -0.3 is 10.2 Å². The normalized spacial score (nSPS) is 14.8. The number of amides is 1. The van der Waals surface area contributed by atoms with Crippen molar-refractivity contribution in [3.05, 3.63) is 52.0 Å². The Bertz CT molecular complexity index is 1040. The number of anilines is 2. The van der Waals surface area contributed by atoms with Crippen molar-refractivity contribution in [2.45, 2.75) is 24.2 Å². The highest BCUT2D eigenvalue weighted by molar-refractivity contribution is 7.89. The molecule has 1 amide bonds. The number of benzene rings is 2. The maximum atomic E-state index is 12.7. The minimum absolute atomic E-state index is 0.00983. The quantitative estimate of drug-likeness (QED) is 0.630. The third-order valence-electron chi connectivity index (χ3n) is 4.97. The van der Waals surface area contributed by atoms with Crippen LogP contribution < -0.4 is 10.2 Å². The Morgan fingerprint density at radius 1 is 1.07 bits per heavy atom. The third-order valence-corrected chi connectivity index (χ3v) is 7.43. The summed E-state index contributed by atoms with van der Waals surface area (Å²) >= 11 is 12.5. The minimum Gasteiger partial charge on any atom is -0.370 e. The van der Waals surface area contributed by atoms with E-state index >= 15 is 0 Å². The number of hydroxylamine groups is 1. The van der Waals surface area contributed by atoms with E-state index in [9.17, 15) is 13.2 Å². The summed E-state index contributed by atoms with van der Waals surface area (Å²) in [7, 11) is -1.54. The number of sulfonamides is 1. The number of hydrogen-bond acceptors (Lipinski definition) is 5. The molecule has 0 radical (unpaired) electrons. The van der Waals surface area contributed by atoms with Crippen LogP contribution in [-0.4, -0.2) is 46.0 Å². The summed E-state index contributed by atoms with van der Waals surface area (Å²) in [5.74, 6) is -0.482. The molecule has 1 saturated heterocycles. The number of nitrogens with one attached hydrogen (secondary N) is 1. The molecule has 1 aliphatic rings. The highest BCUT2D eigenvalue weighted by Gasteiger charge is 2.25. The van der Waals surface area contributed by atoms with Gasteiger partial charge in [-0.2, -0.15) is 0 Å². The smallest absolute Gasteiger partial charge is 0.266 e. The number of carbonyl (C=O) groups is 1. The Balaban J connectivity index is 1.81. The molecule has 1 N–H and O–H groups in total. The fourth-order valence-corrected chi connectivity index (χ4v) is 5.03. The van der Waals surface area contributed by atoms with Gasteiger partial charge in [-0.15, -0.1) is 0 Å². The monoisotopic (exact) mass is 471 g/mol. The van der Waals surface area contributed by atoms with Crippen molar-refractivity contribution >= 4 is 50.5 Å². The fraction of sp³-hybridized carbons (Fsp3) is 0.350. The van der Waals surface area contributed by atoms with Gasteiger partial charge in [0.2, 0.25) is 0 Å². The third kappa shape index (κ3) is 4.90. The lowest BCUT2D eigenvalue weighted by molar-refractivity contribution is -0.0258. The lowest BCUT2D eigenvalue weighted by Crippen LogP contribution is -2.29. The van der Waals surface area contributed by atoms with E-state index in [1.165, 1.54) is 38.8 Å². The minimum atomic E-state index is -4.00. The van der Waals surface area contributed by atoms with Crippen molar-refractivity contribution in [1.29, 1.82) is 0 Å². The van der Waals surface area contributed by atoms with E-state index in [1.54, 1.807) is 12.1 Å². The van der Waals surface area contributed by atoms with Crippen LogP contribution in [0.25, 0.3) is 0 Å². The molecule has 1 aliphatic heterocycles. The van der Waals surface area contributed by atoms with Crippen LogP contribution in [0.4, 0.5) is 11.4 Å². The lowest BCUT2D eigenvalue weighted by atomic mass is 10.1. The first kappa shape index (κ1) is 22.8. The second-order valence-corrected chi connectivity index (χ2v) is 9.63. The maximum Gasteiger partial charge on any atom is 0.266 e. The van der Waals surface area contributed by atoms with Crippen LogP contribution in [-0.2, 0) is 14.9 Å². The molecule has 7 nitrogen and oxygen atoms in total. The zero-order valence-electron chi connectivity index (χ0n) is 16.7.